The largest absolute Gasteiger partial charge is 0.411 e. The fraction of sp³-hybridized carbons (Fsp3) is 0.529. The van der Waals surface area contributed by atoms with Gasteiger partial charge in [0.15, 0.2) is 13.4 Å². The third-order valence-electron chi connectivity index (χ3n) is 4.40. The first-order valence-electron chi connectivity index (χ1n) is 8.10. The van der Waals surface area contributed by atoms with Crippen LogP contribution in [0.4, 0.5) is 10.9 Å². The molecule has 138 valence electrons. The zero-order valence-electron chi connectivity index (χ0n) is 15.7. The van der Waals surface area contributed by atoms with Gasteiger partial charge in [0.05, 0.1) is 12.3 Å². The van der Waals surface area contributed by atoms with Gasteiger partial charge < -0.3 is 9.16 Å². The Morgan fingerprint density at radius 1 is 1.28 bits per heavy atom. The number of aromatic nitrogens is 2. The molecule has 0 amide bonds. The van der Waals surface area contributed by atoms with Gasteiger partial charge in [-0.25, -0.2) is 9.97 Å². The van der Waals surface area contributed by atoms with Gasteiger partial charge in [-0.05, 0) is 30.3 Å². The normalized spacial score (nSPS) is 12.4. The van der Waals surface area contributed by atoms with E-state index in [-0.39, 0.29) is 5.04 Å². The molecule has 0 atom stereocenters. The van der Waals surface area contributed by atoms with Crippen LogP contribution in [0.3, 0.4) is 0 Å². The first-order valence-corrected chi connectivity index (χ1v) is 12.7. The summed E-state index contributed by atoms with van der Waals surface area (Å²) in [4.78, 5) is 11.1. The Kier molecular flexibility index (Phi) is 6.78. The standard InChI is InChI=1S/C17H26BrN3O2SSi/c1-17(2,3)25(5,6)23-11-14-9-13(18)10-15(20-14)21(12-22-4)16-19-7-8-24-16/h7-10H,11-12H2,1-6H3. The van der Waals surface area contributed by atoms with Gasteiger partial charge in [-0.15, -0.1) is 11.3 Å². The second-order valence-electron chi connectivity index (χ2n) is 7.34. The van der Waals surface area contributed by atoms with E-state index in [2.05, 4.69) is 54.8 Å². The summed E-state index contributed by atoms with van der Waals surface area (Å²) in [6.45, 7) is 12.1. The smallest absolute Gasteiger partial charge is 0.192 e. The van der Waals surface area contributed by atoms with Crippen LogP contribution < -0.4 is 4.90 Å². The number of hydrogen-bond donors (Lipinski definition) is 0. The molecule has 5 nitrogen and oxygen atoms in total. The van der Waals surface area contributed by atoms with Crippen molar-refractivity contribution in [3.8, 4) is 0 Å². The Balaban J connectivity index is 2.25. The summed E-state index contributed by atoms with van der Waals surface area (Å²) in [7, 11) is -0.155. The molecule has 0 N–H and O–H groups in total. The number of halogens is 1. The Hall–Kier alpha value is -0.803. The number of anilines is 2. The molecule has 25 heavy (non-hydrogen) atoms. The van der Waals surface area contributed by atoms with Gasteiger partial charge in [0, 0.05) is 23.2 Å². The van der Waals surface area contributed by atoms with E-state index >= 15 is 0 Å². The summed E-state index contributed by atoms with van der Waals surface area (Å²) in [5.41, 5.74) is 0.895. The van der Waals surface area contributed by atoms with E-state index in [1.165, 1.54) is 0 Å². The van der Waals surface area contributed by atoms with Crippen molar-refractivity contribution in [1.29, 1.82) is 0 Å². The van der Waals surface area contributed by atoms with Crippen molar-refractivity contribution in [3.63, 3.8) is 0 Å². The maximum Gasteiger partial charge on any atom is 0.192 e. The number of rotatable bonds is 7. The molecule has 0 fully saturated rings. The summed E-state index contributed by atoms with van der Waals surface area (Å²) in [6, 6.07) is 3.97. The lowest BCUT2D eigenvalue weighted by Gasteiger charge is -2.36. The number of pyridine rings is 1. The number of ether oxygens (including phenoxy) is 1. The highest BCUT2D eigenvalue weighted by atomic mass is 79.9. The maximum absolute atomic E-state index is 6.31. The molecule has 0 aliphatic heterocycles. The molecule has 0 bridgehead atoms. The summed E-state index contributed by atoms with van der Waals surface area (Å²) >= 11 is 5.14. The molecule has 0 saturated carbocycles. The number of thiazole rings is 1. The molecule has 8 heteroatoms. The molecule has 2 heterocycles. The molecule has 0 aliphatic rings. The third kappa shape index (κ3) is 5.34. The lowest BCUT2D eigenvalue weighted by Crippen LogP contribution is -2.40. The van der Waals surface area contributed by atoms with E-state index in [0.717, 1.165) is 21.1 Å². The van der Waals surface area contributed by atoms with Crippen molar-refractivity contribution in [2.24, 2.45) is 0 Å². The molecule has 2 aromatic heterocycles. The molecule has 0 aromatic carbocycles. The number of hydrogen-bond acceptors (Lipinski definition) is 6. The molecular weight excluding hydrogens is 418 g/mol. The van der Waals surface area contributed by atoms with Gasteiger partial charge >= 0.3 is 0 Å². The Labute approximate surface area is 163 Å². The summed E-state index contributed by atoms with van der Waals surface area (Å²) < 4.78 is 12.6. The van der Waals surface area contributed by atoms with E-state index < -0.39 is 8.32 Å². The first-order chi connectivity index (χ1) is 11.6. The minimum atomic E-state index is -1.82. The lowest BCUT2D eigenvalue weighted by atomic mass is 10.2. The van der Waals surface area contributed by atoms with Gasteiger partial charge in [-0.2, -0.15) is 0 Å². The molecule has 0 radical (unpaired) electrons. The highest BCUT2D eigenvalue weighted by molar-refractivity contribution is 9.10. The lowest BCUT2D eigenvalue weighted by molar-refractivity contribution is 0.205. The van der Waals surface area contributed by atoms with Gasteiger partial charge in [0.1, 0.15) is 12.5 Å². The van der Waals surface area contributed by atoms with Crippen LogP contribution >= 0.6 is 27.3 Å². The zero-order chi connectivity index (χ0) is 18.7. The van der Waals surface area contributed by atoms with Gasteiger partial charge in [0.25, 0.3) is 0 Å². The summed E-state index contributed by atoms with van der Waals surface area (Å²) in [5, 5.41) is 2.96. The van der Waals surface area contributed by atoms with Crippen LogP contribution in [0.5, 0.6) is 0 Å². The van der Waals surface area contributed by atoms with E-state index in [4.69, 9.17) is 14.1 Å². The SMILES string of the molecule is COCN(c1cc(Br)cc(CO[Si](C)(C)C(C)(C)C)n1)c1nccs1. The van der Waals surface area contributed by atoms with Crippen LogP contribution in [0.15, 0.2) is 28.2 Å². The maximum atomic E-state index is 6.31. The summed E-state index contributed by atoms with van der Waals surface area (Å²) in [6.07, 6.45) is 1.78. The average molecular weight is 444 g/mol. The predicted octanol–water partition coefficient (Wildman–Crippen LogP) is 5.56. The highest BCUT2D eigenvalue weighted by Gasteiger charge is 2.37. The van der Waals surface area contributed by atoms with Crippen molar-refractivity contribution >= 4 is 46.5 Å². The van der Waals surface area contributed by atoms with E-state index in [9.17, 15) is 0 Å². The topological polar surface area (TPSA) is 47.5 Å². The van der Waals surface area contributed by atoms with Crippen LogP contribution in [0.25, 0.3) is 0 Å². The summed E-state index contributed by atoms with van der Waals surface area (Å²) in [5.74, 6) is 0.792. The van der Waals surface area contributed by atoms with Crippen molar-refractivity contribution in [2.45, 2.75) is 45.5 Å². The van der Waals surface area contributed by atoms with Crippen LogP contribution in [0.1, 0.15) is 26.5 Å². The van der Waals surface area contributed by atoms with E-state index in [1.54, 1.807) is 24.6 Å². The number of nitrogens with zero attached hydrogens (tertiary/aromatic N) is 3. The van der Waals surface area contributed by atoms with Crippen LogP contribution in [0, 0.1) is 0 Å². The minimum absolute atomic E-state index is 0.171. The van der Waals surface area contributed by atoms with Crippen molar-refractivity contribution < 1.29 is 9.16 Å². The fourth-order valence-corrected chi connectivity index (χ4v) is 3.97. The predicted molar refractivity (Wildman–Crippen MR) is 110 cm³/mol. The Morgan fingerprint density at radius 3 is 2.56 bits per heavy atom. The molecular formula is C17H26BrN3O2SSi. The molecule has 0 unspecified atom stereocenters. The minimum Gasteiger partial charge on any atom is -0.411 e. The molecule has 2 aromatic rings. The quantitative estimate of drug-likeness (QED) is 0.413. The van der Waals surface area contributed by atoms with Gasteiger partial charge in [0.2, 0.25) is 0 Å². The Bertz CT molecular complexity index is 690. The van der Waals surface area contributed by atoms with E-state index in [0.29, 0.717) is 13.3 Å². The highest BCUT2D eigenvalue weighted by Crippen LogP contribution is 2.37. The van der Waals surface area contributed by atoms with Crippen molar-refractivity contribution in [2.75, 3.05) is 18.7 Å². The van der Waals surface area contributed by atoms with Gasteiger partial charge in [-0.3, -0.25) is 4.90 Å². The second kappa shape index (κ2) is 8.26. The zero-order valence-corrected chi connectivity index (χ0v) is 19.1. The molecule has 0 aliphatic carbocycles. The number of methoxy groups -OCH3 is 1. The molecule has 2 rings (SSSR count). The van der Waals surface area contributed by atoms with Crippen molar-refractivity contribution in [1.82, 2.24) is 9.97 Å². The molecule has 0 saturated heterocycles. The monoisotopic (exact) mass is 443 g/mol. The molecule has 0 spiro atoms. The average Bonchev–Trinajstić information content (AvgIpc) is 3.03. The van der Waals surface area contributed by atoms with Crippen LogP contribution in [-0.4, -0.2) is 32.1 Å². The van der Waals surface area contributed by atoms with Crippen molar-refractivity contribution in [3.05, 3.63) is 33.9 Å². The Morgan fingerprint density at radius 2 is 2.00 bits per heavy atom. The van der Waals surface area contributed by atoms with E-state index in [1.807, 2.05) is 22.4 Å². The fourth-order valence-electron chi connectivity index (χ4n) is 1.92. The van der Waals surface area contributed by atoms with Gasteiger partial charge in [-0.1, -0.05) is 36.7 Å². The van der Waals surface area contributed by atoms with Crippen LogP contribution in [-0.2, 0) is 15.8 Å². The van der Waals surface area contributed by atoms with Crippen LogP contribution in [0.2, 0.25) is 18.1 Å². The first kappa shape index (κ1) is 20.5. The second-order valence-corrected chi connectivity index (χ2v) is 13.9. The third-order valence-corrected chi connectivity index (χ3v) is 10.1.